The van der Waals surface area contributed by atoms with Crippen molar-refractivity contribution in [3.63, 3.8) is 0 Å². The van der Waals surface area contributed by atoms with Gasteiger partial charge in [-0.3, -0.25) is 23.9 Å². The molecule has 4 rings (SSSR count). The zero-order valence-corrected chi connectivity index (χ0v) is 18.2. The summed E-state index contributed by atoms with van der Waals surface area (Å²) in [4.78, 5) is 23.8. The Morgan fingerprint density at radius 2 is 1.94 bits per heavy atom. The van der Waals surface area contributed by atoms with E-state index in [2.05, 4.69) is 17.1 Å². The fourth-order valence-electron chi connectivity index (χ4n) is 3.65. The van der Waals surface area contributed by atoms with Crippen LogP contribution in [0.25, 0.3) is 16.7 Å². The molecule has 2 heterocycles. The average Bonchev–Trinajstić information content (AvgIpc) is 3.19. The van der Waals surface area contributed by atoms with Crippen LogP contribution in [0.5, 0.6) is 0 Å². The largest absolute Gasteiger partial charge is 0.276 e. The first kappa shape index (κ1) is 21.0. The smallest absolute Gasteiger partial charge is 0.269 e. The number of nitro groups is 1. The molecule has 1 atom stereocenters. The van der Waals surface area contributed by atoms with Crippen LogP contribution in [0.1, 0.15) is 43.9 Å². The maximum absolute atomic E-state index is 13.1. The van der Waals surface area contributed by atoms with E-state index in [0.29, 0.717) is 22.9 Å². The van der Waals surface area contributed by atoms with Crippen molar-refractivity contribution in [1.29, 1.82) is 0 Å². The van der Waals surface area contributed by atoms with Crippen LogP contribution in [0, 0.1) is 10.1 Å². The highest BCUT2D eigenvalue weighted by Gasteiger charge is 2.20. The predicted molar refractivity (Wildman–Crippen MR) is 122 cm³/mol. The first-order valence-corrected chi connectivity index (χ1v) is 11.2. The van der Waals surface area contributed by atoms with Crippen molar-refractivity contribution in [2.45, 2.75) is 50.1 Å². The van der Waals surface area contributed by atoms with Gasteiger partial charge in [0.2, 0.25) is 5.78 Å². The van der Waals surface area contributed by atoms with Gasteiger partial charge in [0.25, 0.3) is 11.2 Å². The molecule has 2 aromatic heterocycles. The summed E-state index contributed by atoms with van der Waals surface area (Å²) >= 11 is 1.46. The molecule has 0 saturated heterocycles. The van der Waals surface area contributed by atoms with E-state index in [1.54, 1.807) is 16.7 Å². The van der Waals surface area contributed by atoms with Crippen molar-refractivity contribution < 1.29 is 4.92 Å². The first-order chi connectivity index (χ1) is 15.0. The maximum atomic E-state index is 13.1. The lowest BCUT2D eigenvalue weighted by atomic mass is 10.1. The number of nitrogens with zero attached hydrogens (tertiary/aromatic N) is 5. The van der Waals surface area contributed by atoms with Gasteiger partial charge in [0.05, 0.1) is 15.8 Å². The summed E-state index contributed by atoms with van der Waals surface area (Å²) in [5.74, 6) is 0.522. The summed E-state index contributed by atoms with van der Waals surface area (Å²) in [6, 6.07) is 14.1. The minimum absolute atomic E-state index is 0.0603. The highest BCUT2D eigenvalue weighted by atomic mass is 32.2. The summed E-state index contributed by atoms with van der Waals surface area (Å²) in [5.41, 5.74) is 1.59. The van der Waals surface area contributed by atoms with E-state index in [4.69, 9.17) is 0 Å². The van der Waals surface area contributed by atoms with Gasteiger partial charge in [-0.05, 0) is 31.0 Å². The highest BCUT2D eigenvalue weighted by molar-refractivity contribution is 7.99. The summed E-state index contributed by atoms with van der Waals surface area (Å²) in [6.45, 7) is 4.69. The summed E-state index contributed by atoms with van der Waals surface area (Å²) in [5, 5.41) is 21.0. The second kappa shape index (κ2) is 8.89. The molecular formula is C22H23N5O3S. The van der Waals surface area contributed by atoms with Gasteiger partial charge in [-0.2, -0.15) is 0 Å². The van der Waals surface area contributed by atoms with Crippen LogP contribution in [0.3, 0.4) is 0 Å². The van der Waals surface area contributed by atoms with Gasteiger partial charge in [0, 0.05) is 23.9 Å². The third kappa shape index (κ3) is 4.05. The third-order valence-electron chi connectivity index (χ3n) is 5.30. The van der Waals surface area contributed by atoms with Crippen LogP contribution in [0.2, 0.25) is 0 Å². The van der Waals surface area contributed by atoms with Crippen LogP contribution in [-0.2, 0) is 6.54 Å². The number of non-ortho nitro benzene ring substituents is 1. The number of thioether (sulfide) groups is 1. The van der Waals surface area contributed by atoms with E-state index in [1.807, 2.05) is 41.7 Å². The summed E-state index contributed by atoms with van der Waals surface area (Å²) in [6.07, 6.45) is 2.99. The summed E-state index contributed by atoms with van der Waals surface area (Å²) < 4.78 is 3.62. The van der Waals surface area contributed by atoms with E-state index < -0.39 is 4.92 Å². The second-order valence-electron chi connectivity index (χ2n) is 7.41. The van der Waals surface area contributed by atoms with Crippen LogP contribution in [-0.4, -0.2) is 24.1 Å². The lowest BCUT2D eigenvalue weighted by molar-refractivity contribution is -0.384. The molecule has 0 aliphatic carbocycles. The molecule has 0 bridgehead atoms. The van der Waals surface area contributed by atoms with E-state index in [9.17, 15) is 14.9 Å². The molecule has 0 amide bonds. The quantitative estimate of drug-likeness (QED) is 0.167. The molecule has 0 aliphatic rings. The maximum Gasteiger partial charge on any atom is 0.269 e. The van der Waals surface area contributed by atoms with Gasteiger partial charge in [0.15, 0.2) is 5.16 Å². The molecule has 8 nitrogen and oxygen atoms in total. The van der Waals surface area contributed by atoms with Gasteiger partial charge in [-0.15, -0.1) is 10.2 Å². The minimum Gasteiger partial charge on any atom is -0.276 e. The topological polar surface area (TPSA) is 95.3 Å². The Labute approximate surface area is 183 Å². The molecule has 4 aromatic rings. The molecule has 0 aliphatic heterocycles. The molecule has 0 spiro atoms. The first-order valence-electron chi connectivity index (χ1n) is 10.3. The van der Waals surface area contributed by atoms with E-state index in [0.717, 1.165) is 30.3 Å². The van der Waals surface area contributed by atoms with Crippen molar-refractivity contribution in [3.8, 4) is 0 Å². The number of hydrogen-bond donors (Lipinski definition) is 0. The van der Waals surface area contributed by atoms with E-state index in [-0.39, 0.29) is 16.5 Å². The highest BCUT2D eigenvalue weighted by Crippen LogP contribution is 2.35. The van der Waals surface area contributed by atoms with Crippen LogP contribution < -0.4 is 5.56 Å². The Morgan fingerprint density at radius 3 is 2.71 bits per heavy atom. The Bertz CT molecular complexity index is 1310. The minimum atomic E-state index is -0.393. The normalized spacial score (nSPS) is 12.5. The number of unbranched alkanes of at least 4 members (excludes halogenated alkanes) is 2. The lowest BCUT2D eigenvalue weighted by Crippen LogP contribution is -2.23. The van der Waals surface area contributed by atoms with Gasteiger partial charge in [-0.1, -0.05) is 55.8 Å². The predicted octanol–water partition coefficient (Wildman–Crippen LogP) is 5.00. The van der Waals surface area contributed by atoms with Crippen molar-refractivity contribution in [1.82, 2.24) is 19.2 Å². The number of aryl methyl sites for hydroxylation is 1. The van der Waals surface area contributed by atoms with Crippen molar-refractivity contribution in [3.05, 3.63) is 74.6 Å². The molecular weight excluding hydrogens is 414 g/mol. The number of benzene rings is 2. The molecule has 9 heteroatoms. The molecule has 0 saturated carbocycles. The monoisotopic (exact) mass is 437 g/mol. The Morgan fingerprint density at radius 1 is 1.13 bits per heavy atom. The van der Waals surface area contributed by atoms with Crippen molar-refractivity contribution in [2.24, 2.45) is 0 Å². The zero-order chi connectivity index (χ0) is 22.0. The van der Waals surface area contributed by atoms with Crippen LogP contribution >= 0.6 is 11.8 Å². The average molecular weight is 438 g/mol. The Hall–Kier alpha value is -3.20. The fraction of sp³-hybridized carbons (Fsp3) is 0.318. The zero-order valence-electron chi connectivity index (χ0n) is 17.4. The Kier molecular flexibility index (Phi) is 6.03. The van der Waals surface area contributed by atoms with E-state index >= 15 is 0 Å². The van der Waals surface area contributed by atoms with Gasteiger partial charge >= 0.3 is 0 Å². The SMILES string of the molecule is CCCCCn1c(=O)c2ccccc2n2c(SC(C)c3cccc([N+](=O)[O-])c3)nnc12. The van der Waals surface area contributed by atoms with Gasteiger partial charge in [-0.25, -0.2) is 0 Å². The number of para-hydroxylation sites is 1. The van der Waals surface area contributed by atoms with Crippen LogP contribution in [0.15, 0.2) is 58.5 Å². The Balaban J connectivity index is 1.80. The molecule has 0 N–H and O–H groups in total. The second-order valence-corrected chi connectivity index (χ2v) is 8.72. The van der Waals surface area contributed by atoms with Crippen LogP contribution in [0.4, 0.5) is 5.69 Å². The molecule has 0 radical (unpaired) electrons. The third-order valence-corrected chi connectivity index (χ3v) is 6.40. The number of fused-ring (bicyclic) bond motifs is 3. The molecule has 0 fully saturated rings. The standard InChI is InChI=1S/C22H23N5O3S/c1-3-4-7-13-25-20(28)18-11-5-6-12-19(18)26-21(25)23-24-22(26)31-15(2)16-9-8-10-17(14-16)27(29)30/h5-6,8-12,14-15H,3-4,7,13H2,1-2H3. The number of aromatic nitrogens is 4. The number of rotatable bonds is 8. The lowest BCUT2D eigenvalue weighted by Gasteiger charge is -2.13. The van der Waals surface area contributed by atoms with Gasteiger partial charge in [0.1, 0.15) is 0 Å². The van der Waals surface area contributed by atoms with Crippen molar-refractivity contribution in [2.75, 3.05) is 0 Å². The van der Waals surface area contributed by atoms with E-state index in [1.165, 1.54) is 17.8 Å². The molecule has 1 unspecified atom stereocenters. The molecule has 31 heavy (non-hydrogen) atoms. The fourth-order valence-corrected chi connectivity index (χ4v) is 4.62. The number of nitro benzene ring substituents is 1. The summed E-state index contributed by atoms with van der Waals surface area (Å²) in [7, 11) is 0. The number of hydrogen-bond acceptors (Lipinski definition) is 6. The molecule has 2 aromatic carbocycles. The van der Waals surface area contributed by atoms with Gasteiger partial charge < -0.3 is 0 Å². The van der Waals surface area contributed by atoms with Crippen molar-refractivity contribution >= 4 is 34.1 Å². The molecule has 160 valence electrons.